The number of ether oxygens (including phenoxy) is 1. The van der Waals surface area contributed by atoms with E-state index in [-0.39, 0.29) is 11.7 Å². The summed E-state index contributed by atoms with van der Waals surface area (Å²) < 4.78 is 6.56. The summed E-state index contributed by atoms with van der Waals surface area (Å²) in [5, 5.41) is 0.710. The maximum absolute atomic E-state index is 13.5. The molecule has 1 fully saturated rings. The smallest absolute Gasteiger partial charge is 0.260 e. The number of fused-ring (bicyclic) bond motifs is 1. The minimum absolute atomic E-state index is 0.0136. The monoisotopic (exact) mass is 437 g/mol. The Kier molecular flexibility index (Phi) is 6.46. The van der Waals surface area contributed by atoms with Crippen LogP contribution in [0.2, 0.25) is 0 Å². The minimum atomic E-state index is -0.0993. The lowest BCUT2D eigenvalue weighted by atomic mass is 10.1. The summed E-state index contributed by atoms with van der Waals surface area (Å²) in [6.45, 7) is 10.1. The van der Waals surface area contributed by atoms with Gasteiger partial charge in [0.05, 0.1) is 23.4 Å². The topological polar surface area (TPSA) is 62.7 Å². The van der Waals surface area contributed by atoms with Gasteiger partial charge in [-0.25, -0.2) is 4.98 Å². The van der Waals surface area contributed by atoms with E-state index in [0.29, 0.717) is 22.8 Å². The van der Waals surface area contributed by atoms with E-state index in [2.05, 4.69) is 24.0 Å². The molecule has 7 heteroatoms. The molecule has 3 aromatic rings. The lowest BCUT2D eigenvalue weighted by Gasteiger charge is -2.29. The van der Waals surface area contributed by atoms with E-state index in [1.54, 1.807) is 40.5 Å². The Morgan fingerprint density at radius 3 is 2.32 bits per heavy atom. The first-order valence-corrected chi connectivity index (χ1v) is 11.4. The average molecular weight is 438 g/mol. The van der Waals surface area contributed by atoms with Gasteiger partial charge in [0.2, 0.25) is 0 Å². The number of ketones is 1. The Labute approximate surface area is 186 Å². The lowest BCUT2D eigenvalue weighted by Crippen LogP contribution is -2.43. The molecule has 1 amide bonds. The molecule has 0 spiro atoms. The fourth-order valence-corrected chi connectivity index (χ4v) is 4.85. The van der Waals surface area contributed by atoms with Crippen molar-refractivity contribution in [2.45, 2.75) is 20.8 Å². The molecule has 2 heterocycles. The molecular weight excluding hydrogens is 410 g/mol. The van der Waals surface area contributed by atoms with E-state index in [1.165, 1.54) is 6.92 Å². The summed E-state index contributed by atoms with van der Waals surface area (Å²) in [7, 11) is 0. The van der Waals surface area contributed by atoms with Crippen LogP contribution < -0.4 is 4.90 Å². The van der Waals surface area contributed by atoms with Crippen molar-refractivity contribution >= 4 is 38.4 Å². The molecule has 6 nitrogen and oxygen atoms in total. The van der Waals surface area contributed by atoms with Gasteiger partial charge < -0.3 is 4.74 Å². The van der Waals surface area contributed by atoms with E-state index >= 15 is 0 Å². The van der Waals surface area contributed by atoms with Crippen LogP contribution >= 0.6 is 11.3 Å². The molecule has 162 valence electrons. The predicted molar refractivity (Wildman–Crippen MR) is 124 cm³/mol. The summed E-state index contributed by atoms with van der Waals surface area (Å²) >= 11 is 1.56. The molecule has 0 N–H and O–H groups in total. The maximum atomic E-state index is 13.5. The van der Waals surface area contributed by atoms with Gasteiger partial charge in [-0.15, -0.1) is 0 Å². The fourth-order valence-electron chi connectivity index (χ4n) is 3.72. The van der Waals surface area contributed by atoms with Crippen molar-refractivity contribution in [1.29, 1.82) is 0 Å². The van der Waals surface area contributed by atoms with Crippen LogP contribution in [0.5, 0.6) is 0 Å². The van der Waals surface area contributed by atoms with Gasteiger partial charge in [-0.3, -0.25) is 19.4 Å². The number of rotatable bonds is 6. The third-order valence-electron chi connectivity index (χ3n) is 5.69. The van der Waals surface area contributed by atoms with Crippen LogP contribution in [0.3, 0.4) is 0 Å². The number of hydrogen-bond donors (Lipinski definition) is 0. The molecule has 1 aromatic heterocycles. The van der Waals surface area contributed by atoms with Crippen molar-refractivity contribution in [3.63, 3.8) is 0 Å². The van der Waals surface area contributed by atoms with Gasteiger partial charge in [0.15, 0.2) is 10.9 Å². The first kappa shape index (κ1) is 21.6. The van der Waals surface area contributed by atoms with Crippen LogP contribution in [0, 0.1) is 13.8 Å². The molecule has 1 saturated heterocycles. The van der Waals surface area contributed by atoms with Crippen molar-refractivity contribution in [2.75, 3.05) is 44.3 Å². The summed E-state index contributed by atoms with van der Waals surface area (Å²) in [5.41, 5.74) is 4.38. The van der Waals surface area contributed by atoms with E-state index < -0.39 is 0 Å². The third-order valence-corrected chi connectivity index (χ3v) is 6.90. The quantitative estimate of drug-likeness (QED) is 0.544. The largest absolute Gasteiger partial charge is 0.379 e. The summed E-state index contributed by atoms with van der Waals surface area (Å²) in [6.07, 6.45) is 0. The molecule has 0 saturated carbocycles. The normalized spacial score (nSPS) is 14.7. The maximum Gasteiger partial charge on any atom is 0.260 e. The zero-order valence-corrected chi connectivity index (χ0v) is 19.0. The highest BCUT2D eigenvalue weighted by Gasteiger charge is 2.23. The SMILES string of the molecule is CC(=O)c1ccc(C(=O)N(CCN2CCOCC2)c2nc3c(C)ccc(C)c3s2)cc1. The number of Topliss-reactive ketones (excluding diaryl/α,β-unsaturated/α-hetero) is 1. The number of anilines is 1. The highest BCUT2D eigenvalue weighted by atomic mass is 32.1. The Balaban J connectivity index is 1.66. The fraction of sp³-hybridized carbons (Fsp3) is 0.375. The van der Waals surface area contributed by atoms with Crippen LogP contribution in [-0.2, 0) is 4.74 Å². The van der Waals surface area contributed by atoms with Crippen LogP contribution in [0.15, 0.2) is 36.4 Å². The van der Waals surface area contributed by atoms with Gasteiger partial charge in [0, 0.05) is 37.3 Å². The van der Waals surface area contributed by atoms with Crippen molar-refractivity contribution in [3.05, 3.63) is 58.7 Å². The van der Waals surface area contributed by atoms with Gasteiger partial charge in [-0.1, -0.05) is 35.6 Å². The first-order valence-electron chi connectivity index (χ1n) is 10.5. The minimum Gasteiger partial charge on any atom is -0.379 e. The molecule has 0 bridgehead atoms. The highest BCUT2D eigenvalue weighted by Crippen LogP contribution is 2.33. The molecule has 2 aromatic carbocycles. The molecule has 0 atom stereocenters. The standard InChI is InChI=1S/C24H27N3O3S/c1-16-4-5-17(2)22-21(16)25-24(31-22)27(11-10-26-12-14-30-15-13-26)23(29)20-8-6-19(7-9-20)18(3)28/h4-9H,10-15H2,1-3H3. The van der Waals surface area contributed by atoms with Crippen molar-refractivity contribution in [3.8, 4) is 0 Å². The molecule has 31 heavy (non-hydrogen) atoms. The highest BCUT2D eigenvalue weighted by molar-refractivity contribution is 7.22. The number of amides is 1. The number of benzene rings is 2. The Morgan fingerprint density at radius 2 is 1.68 bits per heavy atom. The summed E-state index contributed by atoms with van der Waals surface area (Å²) in [5.74, 6) is -0.113. The van der Waals surface area contributed by atoms with Crippen LogP contribution in [0.4, 0.5) is 5.13 Å². The Morgan fingerprint density at radius 1 is 1.03 bits per heavy atom. The number of carbonyl (C=O) groups is 2. The van der Waals surface area contributed by atoms with E-state index in [9.17, 15) is 9.59 Å². The van der Waals surface area contributed by atoms with Crippen LogP contribution in [0.25, 0.3) is 10.2 Å². The second-order valence-electron chi connectivity index (χ2n) is 7.92. The first-order chi connectivity index (χ1) is 14.9. The number of thiazole rings is 1. The van der Waals surface area contributed by atoms with Crippen LogP contribution in [0.1, 0.15) is 38.8 Å². The summed E-state index contributed by atoms with van der Waals surface area (Å²) in [4.78, 5) is 34.1. The molecule has 4 rings (SSSR count). The number of aryl methyl sites for hydroxylation is 2. The number of aromatic nitrogens is 1. The number of morpholine rings is 1. The van der Waals surface area contributed by atoms with Crippen molar-refractivity contribution in [2.24, 2.45) is 0 Å². The van der Waals surface area contributed by atoms with Gasteiger partial charge in [-0.05, 0) is 44.0 Å². The summed E-state index contributed by atoms with van der Waals surface area (Å²) in [6, 6.07) is 11.0. The van der Waals surface area contributed by atoms with Gasteiger partial charge >= 0.3 is 0 Å². The van der Waals surface area contributed by atoms with Gasteiger partial charge in [0.25, 0.3) is 5.91 Å². The Bertz CT molecular complexity index is 1060. The van der Waals surface area contributed by atoms with E-state index in [4.69, 9.17) is 9.72 Å². The second-order valence-corrected chi connectivity index (χ2v) is 8.90. The molecule has 0 radical (unpaired) electrons. The third kappa shape index (κ3) is 4.69. The molecule has 0 aliphatic carbocycles. The zero-order chi connectivity index (χ0) is 22.0. The van der Waals surface area contributed by atoms with Crippen molar-refractivity contribution < 1.29 is 14.3 Å². The molecule has 0 unspecified atom stereocenters. The molecular formula is C24H27N3O3S. The Hall–Kier alpha value is -2.61. The average Bonchev–Trinajstić information content (AvgIpc) is 3.24. The zero-order valence-electron chi connectivity index (χ0n) is 18.2. The number of carbonyl (C=O) groups excluding carboxylic acids is 2. The van der Waals surface area contributed by atoms with Crippen LogP contribution in [-0.4, -0.2) is 61.0 Å². The second kappa shape index (κ2) is 9.26. The molecule has 1 aliphatic rings. The van der Waals surface area contributed by atoms with E-state index in [1.807, 2.05) is 6.92 Å². The number of nitrogens with zero attached hydrogens (tertiary/aromatic N) is 3. The molecule has 1 aliphatic heterocycles. The van der Waals surface area contributed by atoms with E-state index in [0.717, 1.165) is 54.2 Å². The predicted octanol–water partition coefficient (Wildman–Crippen LogP) is 4.09. The number of hydrogen-bond acceptors (Lipinski definition) is 6. The lowest BCUT2D eigenvalue weighted by molar-refractivity contribution is 0.0391. The van der Waals surface area contributed by atoms with Gasteiger partial charge in [-0.2, -0.15) is 0 Å². The van der Waals surface area contributed by atoms with Gasteiger partial charge in [0.1, 0.15) is 0 Å². The van der Waals surface area contributed by atoms with Crippen molar-refractivity contribution in [1.82, 2.24) is 9.88 Å².